The van der Waals surface area contributed by atoms with Gasteiger partial charge in [-0.3, -0.25) is 0 Å². The first-order valence-corrected chi connectivity index (χ1v) is 6.89. The minimum atomic E-state index is 0.277. The predicted molar refractivity (Wildman–Crippen MR) is 70.4 cm³/mol. The Morgan fingerprint density at radius 2 is 2.28 bits per heavy atom. The predicted octanol–water partition coefficient (Wildman–Crippen LogP) is 3.00. The van der Waals surface area contributed by atoms with Gasteiger partial charge in [0.1, 0.15) is 0 Å². The van der Waals surface area contributed by atoms with Gasteiger partial charge in [-0.05, 0) is 37.3 Å². The number of hydrogen-bond donors (Lipinski definition) is 0. The molecule has 1 aliphatic carbocycles. The zero-order chi connectivity index (χ0) is 12.0. The summed E-state index contributed by atoms with van der Waals surface area (Å²) >= 11 is 0. The molecule has 4 rings (SSSR count). The van der Waals surface area contributed by atoms with Gasteiger partial charge in [-0.25, -0.2) is 4.98 Å². The lowest BCUT2D eigenvalue weighted by molar-refractivity contribution is 0.179. The Labute approximate surface area is 107 Å². The van der Waals surface area contributed by atoms with Crippen molar-refractivity contribution in [3.05, 3.63) is 30.6 Å². The fourth-order valence-corrected chi connectivity index (χ4v) is 3.40. The van der Waals surface area contributed by atoms with Gasteiger partial charge in [0, 0.05) is 6.54 Å². The number of benzene rings is 1. The van der Waals surface area contributed by atoms with Crippen molar-refractivity contribution < 1.29 is 4.74 Å². The van der Waals surface area contributed by atoms with E-state index in [-0.39, 0.29) is 5.60 Å². The standard InChI is InChI=1S/C15H18N2O/c1-2-6-14-13(5-1)16-11-17(14)9-12-4-3-7-15(8-12)10-18-15/h1-2,5-6,11-12H,3-4,7-10H2/t12-,15+/m0/s1. The van der Waals surface area contributed by atoms with Crippen molar-refractivity contribution in [3.63, 3.8) is 0 Å². The fourth-order valence-electron chi connectivity index (χ4n) is 3.40. The summed E-state index contributed by atoms with van der Waals surface area (Å²) in [4.78, 5) is 4.47. The second-order valence-electron chi connectivity index (χ2n) is 5.82. The summed E-state index contributed by atoms with van der Waals surface area (Å²) in [5, 5.41) is 0. The summed E-state index contributed by atoms with van der Waals surface area (Å²) in [7, 11) is 0. The first-order valence-electron chi connectivity index (χ1n) is 6.89. The number of nitrogens with zero attached hydrogens (tertiary/aromatic N) is 2. The molecule has 0 unspecified atom stereocenters. The Morgan fingerprint density at radius 3 is 3.17 bits per heavy atom. The average Bonchev–Trinajstić information content (AvgIpc) is 3.01. The second kappa shape index (κ2) is 3.82. The Bertz CT molecular complexity index is 571. The molecule has 94 valence electrons. The lowest BCUT2D eigenvalue weighted by atomic mass is 9.81. The highest BCUT2D eigenvalue weighted by Crippen LogP contribution is 2.44. The first-order chi connectivity index (χ1) is 8.85. The van der Waals surface area contributed by atoms with Crippen LogP contribution in [-0.2, 0) is 11.3 Å². The zero-order valence-electron chi connectivity index (χ0n) is 10.5. The number of ether oxygens (including phenoxy) is 1. The lowest BCUT2D eigenvalue weighted by Gasteiger charge is -2.27. The van der Waals surface area contributed by atoms with E-state index in [1.807, 2.05) is 12.4 Å². The molecule has 2 heterocycles. The van der Waals surface area contributed by atoms with Crippen molar-refractivity contribution in [2.24, 2.45) is 5.92 Å². The summed E-state index contributed by atoms with van der Waals surface area (Å²) < 4.78 is 7.96. The molecule has 0 radical (unpaired) electrons. The van der Waals surface area contributed by atoms with Crippen LogP contribution in [0.1, 0.15) is 25.7 Å². The van der Waals surface area contributed by atoms with Crippen LogP contribution in [0.3, 0.4) is 0 Å². The van der Waals surface area contributed by atoms with Crippen molar-refractivity contribution in [2.75, 3.05) is 6.61 Å². The molecule has 2 atom stereocenters. The number of hydrogen-bond acceptors (Lipinski definition) is 2. The van der Waals surface area contributed by atoms with Gasteiger partial charge < -0.3 is 9.30 Å². The molecule has 3 nitrogen and oxygen atoms in total. The van der Waals surface area contributed by atoms with Gasteiger partial charge in [0.15, 0.2) is 0 Å². The third kappa shape index (κ3) is 1.74. The third-order valence-electron chi connectivity index (χ3n) is 4.44. The number of epoxide rings is 1. The van der Waals surface area contributed by atoms with Crippen LogP contribution in [0.25, 0.3) is 11.0 Å². The lowest BCUT2D eigenvalue weighted by Crippen LogP contribution is -2.25. The molecule has 1 saturated heterocycles. The van der Waals surface area contributed by atoms with E-state index in [0.29, 0.717) is 0 Å². The smallest absolute Gasteiger partial charge is 0.0958 e. The molecular formula is C15H18N2O. The van der Waals surface area contributed by atoms with Crippen molar-refractivity contribution in [1.29, 1.82) is 0 Å². The van der Waals surface area contributed by atoms with Gasteiger partial charge in [-0.2, -0.15) is 0 Å². The molecule has 0 amide bonds. The maximum Gasteiger partial charge on any atom is 0.0958 e. The van der Waals surface area contributed by atoms with E-state index in [2.05, 4.69) is 27.8 Å². The normalized spacial score (nSPS) is 31.0. The number of fused-ring (bicyclic) bond motifs is 1. The summed E-state index contributed by atoms with van der Waals surface area (Å²) in [6, 6.07) is 8.38. The van der Waals surface area contributed by atoms with Crippen molar-refractivity contribution in [1.82, 2.24) is 9.55 Å². The summed E-state index contributed by atoms with van der Waals surface area (Å²) in [6.07, 6.45) is 7.14. The Balaban J connectivity index is 1.57. The minimum Gasteiger partial charge on any atom is -0.370 e. The monoisotopic (exact) mass is 242 g/mol. The quantitative estimate of drug-likeness (QED) is 0.758. The van der Waals surface area contributed by atoms with E-state index in [0.717, 1.165) is 24.6 Å². The first kappa shape index (κ1) is 10.6. The number of imidazole rings is 1. The topological polar surface area (TPSA) is 30.4 Å². The van der Waals surface area contributed by atoms with Crippen molar-refractivity contribution in [2.45, 2.75) is 37.8 Å². The highest BCUT2D eigenvalue weighted by Gasteiger charge is 2.47. The van der Waals surface area contributed by atoms with E-state index in [1.54, 1.807) is 0 Å². The van der Waals surface area contributed by atoms with E-state index in [4.69, 9.17) is 4.74 Å². The zero-order valence-corrected chi connectivity index (χ0v) is 10.5. The largest absolute Gasteiger partial charge is 0.370 e. The molecule has 1 aromatic heterocycles. The van der Waals surface area contributed by atoms with Crippen LogP contribution in [0.2, 0.25) is 0 Å². The van der Waals surface area contributed by atoms with E-state index >= 15 is 0 Å². The molecule has 2 fully saturated rings. The van der Waals surface area contributed by atoms with E-state index in [9.17, 15) is 0 Å². The Kier molecular flexibility index (Phi) is 2.24. The minimum absolute atomic E-state index is 0.277. The van der Waals surface area contributed by atoms with E-state index < -0.39 is 0 Å². The van der Waals surface area contributed by atoms with Gasteiger partial charge in [0.2, 0.25) is 0 Å². The second-order valence-corrected chi connectivity index (χ2v) is 5.82. The van der Waals surface area contributed by atoms with Crippen LogP contribution >= 0.6 is 0 Å². The molecule has 1 saturated carbocycles. The van der Waals surface area contributed by atoms with Crippen LogP contribution in [0.4, 0.5) is 0 Å². The van der Waals surface area contributed by atoms with E-state index in [1.165, 1.54) is 31.2 Å². The molecule has 1 aliphatic heterocycles. The summed E-state index contributed by atoms with van der Waals surface area (Å²) in [5.74, 6) is 0.749. The summed E-state index contributed by atoms with van der Waals surface area (Å²) in [5.41, 5.74) is 2.64. The van der Waals surface area contributed by atoms with Gasteiger partial charge >= 0.3 is 0 Å². The molecule has 2 aromatic rings. The molecule has 1 aromatic carbocycles. The van der Waals surface area contributed by atoms with Gasteiger partial charge in [-0.15, -0.1) is 0 Å². The molecule has 2 aliphatic rings. The number of aromatic nitrogens is 2. The highest BCUT2D eigenvalue weighted by molar-refractivity contribution is 5.74. The molecule has 3 heteroatoms. The maximum atomic E-state index is 5.65. The van der Waals surface area contributed by atoms with Crippen LogP contribution in [0, 0.1) is 5.92 Å². The van der Waals surface area contributed by atoms with Gasteiger partial charge in [0.25, 0.3) is 0 Å². The molecular weight excluding hydrogens is 224 g/mol. The van der Waals surface area contributed by atoms with Crippen molar-refractivity contribution >= 4 is 11.0 Å². The molecule has 1 spiro atoms. The molecule has 0 bridgehead atoms. The Hall–Kier alpha value is -1.35. The summed E-state index contributed by atoms with van der Waals surface area (Å²) in [6.45, 7) is 2.08. The Morgan fingerprint density at radius 1 is 1.39 bits per heavy atom. The number of para-hydroxylation sites is 2. The van der Waals surface area contributed by atoms with Gasteiger partial charge in [0.05, 0.1) is 29.6 Å². The SMILES string of the molecule is c1ccc2c(c1)ncn2C[C@H]1CCC[C@]2(CO2)C1. The molecule has 0 N–H and O–H groups in total. The number of rotatable bonds is 2. The van der Waals surface area contributed by atoms with Crippen LogP contribution in [-0.4, -0.2) is 21.8 Å². The van der Waals surface area contributed by atoms with Gasteiger partial charge in [-0.1, -0.05) is 18.6 Å². The third-order valence-corrected chi connectivity index (χ3v) is 4.44. The average molecular weight is 242 g/mol. The van der Waals surface area contributed by atoms with Crippen LogP contribution < -0.4 is 0 Å². The highest BCUT2D eigenvalue weighted by atomic mass is 16.6. The molecule has 18 heavy (non-hydrogen) atoms. The maximum absolute atomic E-state index is 5.65. The van der Waals surface area contributed by atoms with Crippen LogP contribution in [0.15, 0.2) is 30.6 Å². The van der Waals surface area contributed by atoms with Crippen LogP contribution in [0.5, 0.6) is 0 Å². The van der Waals surface area contributed by atoms with Crippen molar-refractivity contribution in [3.8, 4) is 0 Å². The fraction of sp³-hybridized carbons (Fsp3) is 0.533.